The molecule has 0 amide bonds. The molecule has 0 aromatic rings. The summed E-state index contributed by atoms with van der Waals surface area (Å²) < 4.78 is 0. The van der Waals surface area contributed by atoms with Gasteiger partial charge in [0, 0.05) is 0 Å². The van der Waals surface area contributed by atoms with Gasteiger partial charge >= 0.3 is 0 Å². The maximum absolute atomic E-state index is 11.1. The number of ketones is 1. The van der Waals surface area contributed by atoms with Crippen molar-refractivity contribution in [3.05, 3.63) is 20.9 Å². The van der Waals surface area contributed by atoms with Gasteiger partial charge in [0.05, 0.1) is 5.03 Å². The largest absolute Gasteiger partial charge is 0.505 e. The van der Waals surface area contributed by atoms with Gasteiger partial charge in [-0.3, -0.25) is 4.79 Å². The monoisotopic (exact) mass is 246 g/mol. The van der Waals surface area contributed by atoms with Crippen molar-refractivity contribution < 1.29 is 9.90 Å². The van der Waals surface area contributed by atoms with Crippen LogP contribution in [0, 0.1) is 0 Å². The zero-order valence-corrected chi connectivity index (χ0v) is 8.47. The molecule has 0 fully saturated rings. The minimum absolute atomic E-state index is 0.198. The third kappa shape index (κ3) is 1.44. The molecule has 2 nitrogen and oxygen atoms in total. The van der Waals surface area contributed by atoms with Crippen molar-refractivity contribution >= 4 is 52.2 Å². The van der Waals surface area contributed by atoms with E-state index in [1.54, 1.807) is 0 Å². The van der Waals surface area contributed by atoms with Crippen LogP contribution in [0.1, 0.15) is 0 Å². The summed E-state index contributed by atoms with van der Waals surface area (Å²) in [5, 5.41) is 7.25. The summed E-state index contributed by atoms with van der Waals surface area (Å²) in [6, 6.07) is 0. The lowest BCUT2D eigenvalue weighted by Crippen LogP contribution is -2.21. The van der Waals surface area contributed by atoms with Crippen molar-refractivity contribution in [1.29, 1.82) is 0 Å². The lowest BCUT2D eigenvalue weighted by molar-refractivity contribution is -0.114. The quantitative estimate of drug-likeness (QED) is 0.669. The number of aliphatic hydroxyl groups excluding tert-OH is 1. The van der Waals surface area contributed by atoms with E-state index in [1.165, 1.54) is 0 Å². The first kappa shape index (κ1) is 10.2. The van der Waals surface area contributed by atoms with Crippen LogP contribution in [-0.4, -0.2) is 16.3 Å². The van der Waals surface area contributed by atoms with E-state index in [4.69, 9.17) is 51.5 Å². The van der Waals surface area contributed by atoms with Gasteiger partial charge in [-0.1, -0.05) is 34.8 Å². The second kappa shape index (κ2) is 3.46. The zero-order valence-electron chi connectivity index (χ0n) is 5.44. The lowest BCUT2D eigenvalue weighted by atomic mass is 10.1. The van der Waals surface area contributed by atoms with Crippen molar-refractivity contribution in [3.63, 3.8) is 0 Å². The lowest BCUT2D eigenvalue weighted by Gasteiger charge is -2.15. The maximum Gasteiger partial charge on any atom is 0.199 e. The van der Waals surface area contributed by atoms with Crippen LogP contribution in [-0.2, 0) is 4.79 Å². The summed E-state index contributed by atoms with van der Waals surface area (Å²) in [7, 11) is 0. The molecular formula is C6H2Cl4O2. The minimum atomic E-state index is -1.14. The van der Waals surface area contributed by atoms with E-state index in [9.17, 15) is 4.79 Å². The first-order chi connectivity index (χ1) is 5.46. The Balaban J connectivity index is 3.27. The van der Waals surface area contributed by atoms with Crippen LogP contribution in [0.4, 0.5) is 0 Å². The van der Waals surface area contributed by atoms with Crippen LogP contribution in [0.15, 0.2) is 20.9 Å². The Morgan fingerprint density at radius 1 is 1.17 bits per heavy atom. The van der Waals surface area contributed by atoms with Crippen molar-refractivity contribution in [2.45, 2.75) is 5.38 Å². The van der Waals surface area contributed by atoms with Crippen LogP contribution in [0.2, 0.25) is 0 Å². The molecule has 66 valence electrons. The molecule has 1 unspecified atom stereocenters. The summed E-state index contributed by atoms with van der Waals surface area (Å²) >= 11 is 21.9. The molecular weight excluding hydrogens is 246 g/mol. The molecule has 1 aliphatic rings. The Hall–Kier alpha value is 0.110. The summed E-state index contributed by atoms with van der Waals surface area (Å²) in [5.74, 6) is -1.05. The number of halogens is 4. The minimum Gasteiger partial charge on any atom is -0.505 e. The van der Waals surface area contributed by atoms with Crippen molar-refractivity contribution in [2.75, 3.05) is 0 Å². The maximum atomic E-state index is 11.1. The fraction of sp³-hybridized carbons (Fsp3) is 0.167. The van der Waals surface area contributed by atoms with Crippen LogP contribution >= 0.6 is 46.4 Å². The SMILES string of the molecule is O=C1C(Cl)=C(Cl)C(O)=C(Cl)C1Cl. The number of aliphatic hydroxyl groups is 1. The van der Waals surface area contributed by atoms with Gasteiger partial charge in [0.15, 0.2) is 11.5 Å². The van der Waals surface area contributed by atoms with Crippen LogP contribution in [0.25, 0.3) is 0 Å². The second-order valence-electron chi connectivity index (χ2n) is 2.05. The molecule has 1 rings (SSSR count). The summed E-state index contributed by atoms with van der Waals surface area (Å²) in [5.41, 5.74) is 0. The number of rotatable bonds is 0. The average Bonchev–Trinajstić information content (AvgIpc) is 2.08. The number of Topliss-reactive ketones (excluding diaryl/α,β-unsaturated/α-hetero) is 1. The predicted molar refractivity (Wildman–Crippen MR) is 48.9 cm³/mol. The van der Waals surface area contributed by atoms with Crippen LogP contribution < -0.4 is 0 Å². The molecule has 6 heteroatoms. The molecule has 0 bridgehead atoms. The van der Waals surface area contributed by atoms with E-state index in [1.807, 2.05) is 0 Å². The molecule has 0 aromatic carbocycles. The van der Waals surface area contributed by atoms with E-state index in [0.29, 0.717) is 0 Å². The molecule has 1 atom stereocenters. The number of allylic oxidation sites excluding steroid dienone is 3. The third-order valence-corrected chi connectivity index (χ3v) is 3.06. The van der Waals surface area contributed by atoms with Crippen molar-refractivity contribution in [1.82, 2.24) is 0 Å². The standard InChI is InChI=1S/C6H2Cl4O2/c7-1-2(8)6(12)4(10)3(9)5(1)11/h1,12H. The Bertz CT molecular complexity index is 305. The Labute approximate surface area is 88.3 Å². The summed E-state index contributed by atoms with van der Waals surface area (Å²) in [6.07, 6.45) is 0. The fourth-order valence-corrected chi connectivity index (χ4v) is 1.57. The van der Waals surface area contributed by atoms with E-state index in [2.05, 4.69) is 0 Å². The molecule has 0 saturated heterocycles. The van der Waals surface area contributed by atoms with Crippen molar-refractivity contribution in [3.8, 4) is 0 Å². The smallest absolute Gasteiger partial charge is 0.199 e. The van der Waals surface area contributed by atoms with Gasteiger partial charge < -0.3 is 5.11 Å². The predicted octanol–water partition coefficient (Wildman–Crippen LogP) is 2.87. The van der Waals surface area contributed by atoms with E-state index >= 15 is 0 Å². The Morgan fingerprint density at radius 2 is 1.67 bits per heavy atom. The number of alkyl halides is 1. The average molecular weight is 248 g/mol. The Kier molecular flexibility index (Phi) is 2.94. The van der Waals surface area contributed by atoms with E-state index < -0.39 is 16.9 Å². The van der Waals surface area contributed by atoms with E-state index in [-0.39, 0.29) is 15.1 Å². The molecule has 0 aromatic heterocycles. The van der Waals surface area contributed by atoms with Crippen molar-refractivity contribution in [2.24, 2.45) is 0 Å². The second-order valence-corrected chi connectivity index (χ2v) is 3.65. The number of hydrogen-bond donors (Lipinski definition) is 1. The van der Waals surface area contributed by atoms with Gasteiger partial charge in [-0.25, -0.2) is 0 Å². The molecule has 0 radical (unpaired) electrons. The molecule has 0 saturated carbocycles. The van der Waals surface area contributed by atoms with E-state index in [0.717, 1.165) is 0 Å². The molecule has 0 aliphatic heterocycles. The summed E-state index contributed by atoms with van der Waals surface area (Å²) in [6.45, 7) is 0. The molecule has 1 N–H and O–H groups in total. The highest BCUT2D eigenvalue weighted by Crippen LogP contribution is 2.35. The third-order valence-electron chi connectivity index (χ3n) is 1.30. The Morgan fingerprint density at radius 3 is 2.17 bits per heavy atom. The summed E-state index contributed by atoms with van der Waals surface area (Å²) in [4.78, 5) is 11.1. The van der Waals surface area contributed by atoms with Gasteiger partial charge in [0.1, 0.15) is 15.4 Å². The van der Waals surface area contributed by atoms with Gasteiger partial charge in [-0.15, -0.1) is 11.6 Å². The fourth-order valence-electron chi connectivity index (χ4n) is 0.663. The van der Waals surface area contributed by atoms with Crippen LogP contribution in [0.3, 0.4) is 0 Å². The number of carbonyl (C=O) groups is 1. The van der Waals surface area contributed by atoms with Gasteiger partial charge in [-0.2, -0.15) is 0 Å². The van der Waals surface area contributed by atoms with Gasteiger partial charge in [0.25, 0.3) is 0 Å². The highest BCUT2D eigenvalue weighted by atomic mass is 35.5. The number of hydrogen-bond acceptors (Lipinski definition) is 2. The molecule has 1 aliphatic carbocycles. The first-order valence-electron chi connectivity index (χ1n) is 2.79. The van der Waals surface area contributed by atoms with Gasteiger partial charge in [-0.05, 0) is 0 Å². The topological polar surface area (TPSA) is 37.3 Å². The molecule has 12 heavy (non-hydrogen) atoms. The first-order valence-corrected chi connectivity index (χ1v) is 4.36. The van der Waals surface area contributed by atoms with Crippen LogP contribution in [0.5, 0.6) is 0 Å². The highest BCUT2D eigenvalue weighted by molar-refractivity contribution is 6.57. The zero-order chi connectivity index (χ0) is 9.46. The molecule has 0 spiro atoms. The number of carbonyl (C=O) groups excluding carboxylic acids is 1. The normalized spacial score (nSPS) is 25.3. The molecule has 0 heterocycles. The highest BCUT2D eigenvalue weighted by Gasteiger charge is 2.32. The van der Waals surface area contributed by atoms with Gasteiger partial charge in [0.2, 0.25) is 0 Å².